The molecule has 0 radical (unpaired) electrons. The number of anilines is 2. The minimum atomic E-state index is -3.03. The Balaban J connectivity index is 2.21. The molecule has 1 aliphatic heterocycles. The highest BCUT2D eigenvalue weighted by atomic mass is 32.2. The van der Waals surface area contributed by atoms with Gasteiger partial charge in [-0.25, -0.2) is 13.2 Å². The number of nitrogens with two attached hydrogens (primary N) is 1. The van der Waals surface area contributed by atoms with Crippen molar-refractivity contribution in [3.8, 4) is 0 Å². The van der Waals surface area contributed by atoms with Gasteiger partial charge in [-0.05, 0) is 31.0 Å². The maximum absolute atomic E-state index is 11.5. The molecule has 2 rings (SSSR count). The lowest BCUT2D eigenvalue weighted by molar-refractivity contribution is 0.0698. The van der Waals surface area contributed by atoms with E-state index in [4.69, 9.17) is 10.8 Å². The van der Waals surface area contributed by atoms with Crippen molar-refractivity contribution < 1.29 is 18.3 Å². The largest absolute Gasteiger partial charge is 0.478 e. The van der Waals surface area contributed by atoms with Gasteiger partial charge in [0, 0.05) is 17.4 Å². The molecule has 0 spiro atoms. The van der Waals surface area contributed by atoms with Crippen LogP contribution in [-0.2, 0) is 9.84 Å². The van der Waals surface area contributed by atoms with Crippen LogP contribution in [0.2, 0.25) is 0 Å². The average molecular weight is 284 g/mol. The molecular formula is C12H16N2O4S. The smallest absolute Gasteiger partial charge is 0.337 e. The maximum Gasteiger partial charge on any atom is 0.337 e. The Labute approximate surface area is 111 Å². The second kappa shape index (κ2) is 5.08. The maximum atomic E-state index is 11.5. The van der Waals surface area contributed by atoms with Gasteiger partial charge in [-0.2, -0.15) is 0 Å². The van der Waals surface area contributed by atoms with Crippen molar-refractivity contribution in [3.63, 3.8) is 0 Å². The topological polar surface area (TPSA) is 109 Å². The molecule has 0 aromatic heterocycles. The molecule has 1 unspecified atom stereocenters. The van der Waals surface area contributed by atoms with E-state index in [-0.39, 0.29) is 23.1 Å². The number of sulfone groups is 1. The highest BCUT2D eigenvalue weighted by Gasteiger charge is 2.25. The summed E-state index contributed by atoms with van der Waals surface area (Å²) in [5.41, 5.74) is 6.38. The molecule has 1 aromatic rings. The quantitative estimate of drug-likeness (QED) is 0.713. The number of carboxylic acid groups (broad SMARTS) is 1. The van der Waals surface area contributed by atoms with Crippen LogP contribution in [0.5, 0.6) is 0 Å². The summed E-state index contributed by atoms with van der Waals surface area (Å²) in [4.78, 5) is 11.1. The molecule has 19 heavy (non-hydrogen) atoms. The summed E-state index contributed by atoms with van der Waals surface area (Å²) in [6.07, 6.45) is 1.31. The SMILES string of the molecule is Nc1ccc(NC2CCCS(=O)(=O)C2)c(C(=O)O)c1. The number of hydrogen-bond acceptors (Lipinski definition) is 5. The molecule has 0 saturated carbocycles. The number of nitrogens with one attached hydrogen (secondary N) is 1. The number of rotatable bonds is 3. The van der Waals surface area contributed by atoms with E-state index in [2.05, 4.69) is 5.32 Å². The summed E-state index contributed by atoms with van der Waals surface area (Å²) in [7, 11) is -3.03. The minimum absolute atomic E-state index is 0.0381. The van der Waals surface area contributed by atoms with Crippen LogP contribution in [0.15, 0.2) is 18.2 Å². The molecule has 4 N–H and O–H groups in total. The molecule has 1 aromatic carbocycles. The van der Waals surface area contributed by atoms with Gasteiger partial charge in [0.25, 0.3) is 0 Å². The molecule has 0 amide bonds. The fourth-order valence-electron chi connectivity index (χ4n) is 2.22. The van der Waals surface area contributed by atoms with Crippen LogP contribution in [0.1, 0.15) is 23.2 Å². The second-order valence-corrected chi connectivity index (χ2v) is 6.94. The van der Waals surface area contributed by atoms with Crippen molar-refractivity contribution in [2.24, 2.45) is 0 Å². The number of benzene rings is 1. The van der Waals surface area contributed by atoms with E-state index in [1.54, 1.807) is 12.1 Å². The van der Waals surface area contributed by atoms with Crippen molar-refractivity contribution in [3.05, 3.63) is 23.8 Å². The first-order valence-corrected chi connectivity index (χ1v) is 7.79. The fourth-order valence-corrected chi connectivity index (χ4v) is 3.86. The third-order valence-corrected chi connectivity index (χ3v) is 4.92. The Bertz CT molecular complexity index is 598. The highest BCUT2D eigenvalue weighted by molar-refractivity contribution is 7.91. The summed E-state index contributed by atoms with van der Waals surface area (Å²) in [5.74, 6) is -0.844. The number of aromatic carboxylic acids is 1. The zero-order valence-corrected chi connectivity index (χ0v) is 11.1. The average Bonchev–Trinajstić information content (AvgIpc) is 2.30. The van der Waals surface area contributed by atoms with E-state index >= 15 is 0 Å². The van der Waals surface area contributed by atoms with Crippen LogP contribution in [0, 0.1) is 0 Å². The van der Waals surface area contributed by atoms with Gasteiger partial charge >= 0.3 is 5.97 Å². The second-order valence-electron chi connectivity index (χ2n) is 4.71. The summed E-state index contributed by atoms with van der Waals surface area (Å²) < 4.78 is 23.1. The lowest BCUT2D eigenvalue weighted by Crippen LogP contribution is -2.35. The van der Waals surface area contributed by atoms with E-state index in [0.29, 0.717) is 24.2 Å². The zero-order valence-electron chi connectivity index (χ0n) is 10.3. The standard InChI is InChI=1S/C12H16N2O4S/c13-8-3-4-11(10(6-8)12(15)16)14-9-2-1-5-19(17,18)7-9/h3-4,6,9,14H,1-2,5,7,13H2,(H,15,16). The molecule has 1 atom stereocenters. The lowest BCUT2D eigenvalue weighted by Gasteiger charge is -2.24. The van der Waals surface area contributed by atoms with Gasteiger partial charge in [-0.15, -0.1) is 0 Å². The van der Waals surface area contributed by atoms with Crippen LogP contribution < -0.4 is 11.1 Å². The van der Waals surface area contributed by atoms with Gasteiger partial charge in [0.15, 0.2) is 9.84 Å². The first-order chi connectivity index (χ1) is 8.87. The Morgan fingerprint density at radius 1 is 1.42 bits per heavy atom. The van der Waals surface area contributed by atoms with Crippen molar-refractivity contribution >= 4 is 27.2 Å². The fraction of sp³-hybridized carbons (Fsp3) is 0.417. The van der Waals surface area contributed by atoms with Gasteiger partial charge in [0.1, 0.15) is 0 Å². The Hall–Kier alpha value is -1.76. The number of carboxylic acids is 1. The molecule has 7 heteroatoms. The van der Waals surface area contributed by atoms with Crippen LogP contribution in [0.25, 0.3) is 0 Å². The van der Waals surface area contributed by atoms with Crippen LogP contribution in [0.4, 0.5) is 11.4 Å². The van der Waals surface area contributed by atoms with Crippen LogP contribution >= 0.6 is 0 Å². The van der Waals surface area contributed by atoms with Crippen molar-refractivity contribution in [1.82, 2.24) is 0 Å². The Morgan fingerprint density at radius 2 is 2.16 bits per heavy atom. The van der Waals surface area contributed by atoms with Gasteiger partial charge in [-0.1, -0.05) is 0 Å². The lowest BCUT2D eigenvalue weighted by atomic mass is 10.1. The van der Waals surface area contributed by atoms with E-state index < -0.39 is 15.8 Å². The van der Waals surface area contributed by atoms with Gasteiger partial charge in [0.2, 0.25) is 0 Å². The van der Waals surface area contributed by atoms with E-state index in [9.17, 15) is 13.2 Å². The van der Waals surface area contributed by atoms with E-state index in [1.165, 1.54) is 6.07 Å². The van der Waals surface area contributed by atoms with Gasteiger partial charge < -0.3 is 16.2 Å². The number of nitrogen functional groups attached to an aromatic ring is 1. The summed E-state index contributed by atoms with van der Waals surface area (Å²) in [5, 5.41) is 12.1. The van der Waals surface area contributed by atoms with Crippen molar-refractivity contribution in [1.29, 1.82) is 0 Å². The van der Waals surface area contributed by atoms with Gasteiger partial charge in [-0.3, -0.25) is 0 Å². The number of hydrogen-bond donors (Lipinski definition) is 3. The van der Waals surface area contributed by atoms with Crippen molar-refractivity contribution in [2.45, 2.75) is 18.9 Å². The van der Waals surface area contributed by atoms with E-state index in [1.807, 2.05) is 0 Å². The molecule has 1 aliphatic rings. The predicted octanol–water partition coefficient (Wildman–Crippen LogP) is 0.956. The molecule has 1 heterocycles. The molecular weight excluding hydrogens is 268 g/mol. The third kappa shape index (κ3) is 3.37. The molecule has 104 valence electrons. The molecule has 0 aliphatic carbocycles. The summed E-state index contributed by atoms with van der Waals surface area (Å²) in [6.45, 7) is 0. The normalized spacial score (nSPS) is 21.8. The Morgan fingerprint density at radius 3 is 2.79 bits per heavy atom. The highest BCUT2D eigenvalue weighted by Crippen LogP contribution is 2.23. The zero-order chi connectivity index (χ0) is 14.0. The van der Waals surface area contributed by atoms with E-state index in [0.717, 1.165) is 0 Å². The molecule has 1 saturated heterocycles. The third-order valence-electron chi connectivity index (χ3n) is 3.10. The summed E-state index contributed by atoms with van der Waals surface area (Å²) in [6, 6.07) is 4.27. The number of carbonyl (C=O) groups is 1. The monoisotopic (exact) mass is 284 g/mol. The van der Waals surface area contributed by atoms with Gasteiger partial charge in [0.05, 0.1) is 17.1 Å². The summed E-state index contributed by atoms with van der Waals surface area (Å²) >= 11 is 0. The molecule has 6 nitrogen and oxygen atoms in total. The molecule has 0 bridgehead atoms. The minimum Gasteiger partial charge on any atom is -0.478 e. The van der Waals surface area contributed by atoms with Crippen LogP contribution in [-0.4, -0.2) is 37.0 Å². The Kier molecular flexibility index (Phi) is 3.66. The van der Waals surface area contributed by atoms with Crippen LogP contribution in [0.3, 0.4) is 0 Å². The molecule has 1 fully saturated rings. The predicted molar refractivity (Wildman–Crippen MR) is 73.1 cm³/mol. The first-order valence-electron chi connectivity index (χ1n) is 5.97. The first kappa shape index (κ1) is 13.7. The van der Waals surface area contributed by atoms with Crippen molar-refractivity contribution in [2.75, 3.05) is 22.6 Å².